The second kappa shape index (κ2) is 33.0. The first-order valence-corrected chi connectivity index (χ1v) is 31.1. The van der Waals surface area contributed by atoms with Crippen molar-refractivity contribution in [3.63, 3.8) is 0 Å². The van der Waals surface area contributed by atoms with Crippen LogP contribution in [-0.2, 0) is 19.2 Å². The number of primary amides is 2. The summed E-state index contributed by atoms with van der Waals surface area (Å²) in [7, 11) is 0. The van der Waals surface area contributed by atoms with Crippen molar-refractivity contribution >= 4 is 125 Å². The Kier molecular flexibility index (Phi) is 43.0. The zero-order chi connectivity index (χ0) is 29.6. The summed E-state index contributed by atoms with van der Waals surface area (Å²) in [6.07, 6.45) is 7.67. The average molecular weight is 1160 g/mol. The fourth-order valence-corrected chi connectivity index (χ4v) is 4.10. The van der Waals surface area contributed by atoms with Crippen molar-refractivity contribution in [2.24, 2.45) is 23.3 Å². The third kappa shape index (κ3) is 24.2. The van der Waals surface area contributed by atoms with Crippen LogP contribution in [0.15, 0.2) is 11.6 Å². The van der Waals surface area contributed by atoms with E-state index < -0.39 is 18.2 Å². The van der Waals surface area contributed by atoms with Crippen LogP contribution in [0.1, 0.15) is 93.8 Å². The van der Waals surface area contributed by atoms with Gasteiger partial charge in [-0.15, -0.1) is 0 Å². The Morgan fingerprint density at radius 3 is 1.85 bits per heavy atom. The molecule has 2 unspecified atom stereocenters. The molecule has 0 aromatic carbocycles. The summed E-state index contributed by atoms with van der Waals surface area (Å²) >= 11 is 9.54. The number of carbonyl (C=O) groups excluding carboxylic acids is 4. The van der Waals surface area contributed by atoms with Gasteiger partial charge in [-0.1, -0.05) is 47.0 Å². The van der Waals surface area contributed by atoms with Crippen LogP contribution in [0.4, 0.5) is 0 Å². The first kappa shape index (κ1) is 50.7. The Hall–Kier alpha value is 2.13. The Bertz CT molecular complexity index is 716. The molecule has 8 nitrogen and oxygen atoms in total. The summed E-state index contributed by atoms with van der Waals surface area (Å²) in [5.41, 5.74) is 11.2. The molecule has 0 saturated heterocycles. The van der Waals surface area contributed by atoms with Gasteiger partial charge in [0, 0.05) is 57.1 Å². The molecule has 0 saturated carbocycles. The third-order valence-electron chi connectivity index (χ3n) is 5.84. The van der Waals surface area contributed by atoms with Crippen molar-refractivity contribution < 1.29 is 39.0 Å². The summed E-state index contributed by atoms with van der Waals surface area (Å²) in [6, 6.07) is -0.729. The first-order chi connectivity index (χ1) is 17.4. The molecule has 39 heavy (non-hydrogen) atoms. The van der Waals surface area contributed by atoms with Gasteiger partial charge in [-0.25, -0.2) is 0 Å². The van der Waals surface area contributed by atoms with Gasteiger partial charge < -0.3 is 21.4 Å². The van der Waals surface area contributed by atoms with Gasteiger partial charge in [0.25, 0.3) is 0 Å². The van der Waals surface area contributed by atoms with E-state index in [9.17, 15) is 24.3 Å². The number of hydrogen-bond donors (Lipinski definition) is 3. The number of ketones is 1. The number of rotatable bonds is 14. The molecule has 1 heterocycles. The van der Waals surface area contributed by atoms with Crippen LogP contribution >= 0.6 is 101 Å². The van der Waals surface area contributed by atoms with E-state index in [0.29, 0.717) is 44.0 Å². The first-order valence-electron chi connectivity index (χ1n) is 12.2. The zero-order valence-electron chi connectivity index (χ0n) is 23.3. The minimum atomic E-state index is -0.995. The number of carbonyl (C=O) groups is 4. The maximum Gasteiger partial charge on any atom is 0 e. The van der Waals surface area contributed by atoms with Crippen molar-refractivity contribution in [3.8, 4) is 0 Å². The summed E-state index contributed by atoms with van der Waals surface area (Å²) < 4.78 is 0. The van der Waals surface area contributed by atoms with Crippen LogP contribution < -0.4 is 24.7 Å². The molecule has 0 bridgehead atoms. The Morgan fingerprint density at radius 2 is 1.51 bits per heavy atom. The van der Waals surface area contributed by atoms with E-state index >= 15 is 0 Å². The summed E-state index contributed by atoms with van der Waals surface area (Å²) in [4.78, 5) is 46.1. The van der Waals surface area contributed by atoms with E-state index in [1.807, 2.05) is 13.8 Å². The molecule has 4 atom stereocenters. The molecule has 15 heteroatoms. The minimum Gasteiger partial charge on any atom is -0.197 e. The van der Waals surface area contributed by atoms with Crippen LogP contribution in [0, 0.1) is 11.8 Å². The van der Waals surface area contributed by atoms with Gasteiger partial charge in [-0.2, -0.15) is 27.0 Å². The second-order valence-electron chi connectivity index (χ2n) is 8.61. The quantitative estimate of drug-likeness (QED) is 0.227. The van der Waals surface area contributed by atoms with Gasteiger partial charge in [0.2, 0.25) is 17.7 Å². The van der Waals surface area contributed by atoms with Crippen LogP contribution in [0.3, 0.4) is 0 Å². The van der Waals surface area contributed by atoms with E-state index in [0.717, 1.165) is 43.4 Å². The largest absolute Gasteiger partial charge is 0.197 e. The fraction of sp³-hybridized carbons (Fsp3) is 0.750. The van der Waals surface area contributed by atoms with Crippen LogP contribution in [0.5, 0.6) is 0 Å². The van der Waals surface area contributed by atoms with Crippen LogP contribution in [0.25, 0.3) is 0 Å². The van der Waals surface area contributed by atoms with Gasteiger partial charge in [-0.3, -0.25) is 19.3 Å². The number of nitrogens with zero attached hydrogens (tertiary/aromatic N) is 1. The molecule has 0 aromatic heterocycles. The molecule has 0 fully saturated rings. The monoisotopic (exact) mass is 1160 g/mol. The molecule has 3 amide bonds. The predicted molar refractivity (Wildman–Crippen MR) is 204 cm³/mol. The molecule has 0 radical (unpaired) electrons. The van der Waals surface area contributed by atoms with Crippen molar-refractivity contribution in [2.45, 2.75) is 105 Å². The van der Waals surface area contributed by atoms with E-state index in [-0.39, 0.29) is 51.9 Å². The van der Waals surface area contributed by atoms with Gasteiger partial charge >= 0.3 is 50.5 Å². The minimum absolute atomic E-state index is 0. The normalized spacial score (nSPS) is 15.7. The van der Waals surface area contributed by atoms with Gasteiger partial charge in [0.05, 0.1) is 0 Å². The Labute approximate surface area is 304 Å². The van der Waals surface area contributed by atoms with Gasteiger partial charge in [0.15, 0.2) is 6.23 Å². The number of aliphatic hydroxyl groups excluding tert-OH is 1. The summed E-state index contributed by atoms with van der Waals surface area (Å²) in [5.74, 6) is -0.476. The number of nitrogens with two attached hydrogens (primary N) is 2. The maximum atomic E-state index is 11.7. The smallest absolute Gasteiger partial charge is 0 e. The molecular weight excluding hydrogens is 1110 g/mol. The molecule has 1 aliphatic heterocycles. The molecule has 0 spiro atoms. The number of amides is 3. The van der Waals surface area contributed by atoms with E-state index in [1.165, 1.54) is 6.08 Å². The third-order valence-corrected chi connectivity index (χ3v) is 5.84. The van der Waals surface area contributed by atoms with Gasteiger partial charge in [-0.05, 0) is 50.5 Å². The van der Waals surface area contributed by atoms with E-state index in [1.54, 1.807) is 13.8 Å². The fourth-order valence-electron chi connectivity index (χ4n) is 4.10. The average Bonchev–Trinajstić information content (AvgIpc) is 3.10. The second-order valence-corrected chi connectivity index (χ2v) is 24.9. The van der Waals surface area contributed by atoms with Crippen molar-refractivity contribution in [1.29, 1.82) is 0 Å². The number of aliphatic hydroxyl groups is 1. The SMILES string of the molecule is CCCC(CC[C@@H](CC)C(N)=O)CC(C)=O.CCCC1=CC(=O)N([C@@H](CC)C(N)=O)C1O.II.I[I-]I.S.S.[HH]. The molecule has 5 N–H and O–H groups in total. The molecule has 0 aromatic rings. The number of Topliss-reactive ketones (excluding diaryl/α,β-unsaturated/α-hetero) is 1. The molecule has 1 aliphatic rings. The molecule has 238 valence electrons. The van der Waals surface area contributed by atoms with Crippen molar-refractivity contribution in [1.82, 2.24) is 4.90 Å². The number of hydrogen-bond acceptors (Lipinski definition) is 5. The molecule has 0 aliphatic carbocycles. The zero-order valence-corrected chi connectivity index (χ0v) is 36.1. The Morgan fingerprint density at radius 1 is 1.00 bits per heavy atom. The topological polar surface area (TPSA) is 144 Å². The van der Waals surface area contributed by atoms with Crippen molar-refractivity contribution in [3.05, 3.63) is 11.6 Å². The summed E-state index contributed by atoms with van der Waals surface area (Å²) in [6.45, 7) is 9.46. The van der Waals surface area contributed by atoms with Crippen LogP contribution in [-0.4, -0.2) is 45.8 Å². The number of halogens is 5. The van der Waals surface area contributed by atoms with Crippen molar-refractivity contribution in [2.75, 3.05) is 0 Å². The molecular formula is C24H49I5N3O5S2-. The predicted octanol–water partition coefficient (Wildman–Crippen LogP) is 3.83. The summed E-state index contributed by atoms with van der Waals surface area (Å²) in [5, 5.41) is 9.93. The van der Waals surface area contributed by atoms with Gasteiger partial charge in [0.1, 0.15) is 11.8 Å². The maximum absolute atomic E-state index is 11.7. The van der Waals surface area contributed by atoms with E-state index in [4.69, 9.17) is 11.5 Å². The molecule has 1 rings (SSSR count). The van der Waals surface area contributed by atoms with Crippen LogP contribution in [0.2, 0.25) is 0 Å². The Balaban J connectivity index is -0.000000117. The standard InChI is InChI=1S/C13H25NO2.C11H18N2O3.I3.I2.2H2S.H2/c1-4-6-11(9-10(3)15)7-8-12(5-2)13(14)16;1-3-5-7-6-9(14)13(11(7)16)8(4-2)10(12)15;1-3-2;1-2;;;/h11-12H,4-9H2,1-3H3,(H2,14,16);6,8,11,16H,3-5H2,1-2H3,(H2,12,15);;;2*1H2;1H/q;;-1;;;;/t11?,12-;8-,11?;;;;;/m10...../s1. The van der Waals surface area contributed by atoms with E-state index in [2.05, 4.69) is 81.4 Å².